The maximum Gasteiger partial charge on any atom is 0.308 e. The molecule has 4 heteroatoms. The Bertz CT molecular complexity index is 184. The molecule has 0 aromatic carbocycles. The zero-order valence-corrected chi connectivity index (χ0v) is 6.57. The Hall–Kier alpha value is -1.15. The zero-order chi connectivity index (χ0) is 8.85. The molecule has 62 valence electrons. The smallest absolute Gasteiger partial charge is 0.308 e. The van der Waals surface area contributed by atoms with E-state index in [0.29, 0.717) is 6.42 Å². The van der Waals surface area contributed by atoms with Crippen LogP contribution in [0.1, 0.15) is 20.3 Å². The van der Waals surface area contributed by atoms with Gasteiger partial charge in [0.25, 0.3) is 0 Å². The fourth-order valence-corrected chi connectivity index (χ4v) is 0.895. The number of nitrogens with zero attached hydrogens (tertiary/aromatic N) is 1. The highest BCUT2D eigenvalue weighted by Gasteiger charge is 2.21. The van der Waals surface area contributed by atoms with Crippen LogP contribution in [0.5, 0.6) is 0 Å². The number of carbonyl (C=O) groups is 1. The van der Waals surface area contributed by atoms with E-state index in [9.17, 15) is 9.59 Å². The van der Waals surface area contributed by atoms with E-state index in [4.69, 9.17) is 5.11 Å². The Morgan fingerprint density at radius 3 is 2.55 bits per heavy atom. The van der Waals surface area contributed by atoms with Crippen molar-refractivity contribution in [3.05, 3.63) is 0 Å². The van der Waals surface area contributed by atoms with Gasteiger partial charge in [0.1, 0.15) is 0 Å². The third-order valence-corrected chi connectivity index (χ3v) is 1.60. The predicted molar refractivity (Wildman–Crippen MR) is 39.0 cm³/mol. The lowest BCUT2D eigenvalue weighted by Gasteiger charge is -2.11. The molecule has 0 spiro atoms. The number of isocyanates is 1. The van der Waals surface area contributed by atoms with Gasteiger partial charge in [-0.25, -0.2) is 9.79 Å². The third kappa shape index (κ3) is 2.96. The van der Waals surface area contributed by atoms with Crippen LogP contribution in [0.2, 0.25) is 0 Å². The second kappa shape index (κ2) is 4.63. The summed E-state index contributed by atoms with van der Waals surface area (Å²) >= 11 is 0. The van der Waals surface area contributed by atoms with Gasteiger partial charge in [-0.3, -0.25) is 4.79 Å². The van der Waals surface area contributed by atoms with Crippen molar-refractivity contribution < 1.29 is 14.7 Å². The Kier molecular flexibility index (Phi) is 4.15. The molecule has 0 aliphatic carbocycles. The number of carboxylic acid groups (broad SMARTS) is 1. The van der Waals surface area contributed by atoms with Gasteiger partial charge in [-0.15, -0.1) is 0 Å². The molecule has 0 radical (unpaired) electrons. The van der Waals surface area contributed by atoms with Gasteiger partial charge in [0, 0.05) is 0 Å². The first-order valence-corrected chi connectivity index (χ1v) is 3.43. The molecule has 0 aliphatic heterocycles. The normalized spacial score (nSPS) is 14.7. The monoisotopic (exact) mass is 157 g/mol. The first-order chi connectivity index (χ1) is 5.13. The minimum atomic E-state index is -0.918. The molecule has 0 rings (SSSR count). The molecule has 0 saturated heterocycles. The van der Waals surface area contributed by atoms with Crippen molar-refractivity contribution in [1.29, 1.82) is 0 Å². The van der Waals surface area contributed by atoms with Crippen LogP contribution in [0.3, 0.4) is 0 Å². The molecule has 4 nitrogen and oxygen atoms in total. The fourth-order valence-electron chi connectivity index (χ4n) is 0.895. The van der Waals surface area contributed by atoms with E-state index >= 15 is 0 Å². The molecule has 0 saturated carbocycles. The molecule has 11 heavy (non-hydrogen) atoms. The van der Waals surface area contributed by atoms with E-state index in [1.54, 1.807) is 13.8 Å². The van der Waals surface area contributed by atoms with Crippen LogP contribution in [0.25, 0.3) is 0 Å². The average Bonchev–Trinajstić information content (AvgIpc) is 1.88. The Morgan fingerprint density at radius 2 is 2.27 bits per heavy atom. The van der Waals surface area contributed by atoms with Crippen LogP contribution in [-0.2, 0) is 9.59 Å². The summed E-state index contributed by atoms with van der Waals surface area (Å²) in [7, 11) is 0. The van der Waals surface area contributed by atoms with E-state index in [2.05, 4.69) is 4.99 Å². The number of aliphatic imine (C=N–C) groups is 1. The summed E-state index contributed by atoms with van der Waals surface area (Å²) in [5, 5.41) is 8.58. The molecule has 1 N–H and O–H groups in total. The lowest BCUT2D eigenvalue weighted by Crippen LogP contribution is -2.23. The van der Waals surface area contributed by atoms with E-state index in [0.717, 1.165) is 0 Å². The zero-order valence-electron chi connectivity index (χ0n) is 6.57. The number of carbonyl (C=O) groups excluding carboxylic acids is 1. The number of rotatable bonds is 4. The van der Waals surface area contributed by atoms with Gasteiger partial charge in [-0.1, -0.05) is 6.92 Å². The van der Waals surface area contributed by atoms with Crippen LogP contribution in [0.15, 0.2) is 4.99 Å². The van der Waals surface area contributed by atoms with Gasteiger partial charge < -0.3 is 5.11 Å². The van der Waals surface area contributed by atoms with Gasteiger partial charge >= 0.3 is 5.97 Å². The van der Waals surface area contributed by atoms with Gasteiger partial charge in [0.2, 0.25) is 6.08 Å². The standard InChI is InChI=1S/C7H11NO3/c1-3-6(7(10)11)5(2)8-4-9/h5-6H,3H2,1-2H3,(H,10,11). The van der Waals surface area contributed by atoms with E-state index < -0.39 is 17.9 Å². The van der Waals surface area contributed by atoms with Crippen LogP contribution in [0.4, 0.5) is 0 Å². The predicted octanol–water partition coefficient (Wildman–Crippen LogP) is 0.821. The molecular formula is C7H11NO3. The van der Waals surface area contributed by atoms with E-state index in [1.807, 2.05) is 0 Å². The first kappa shape index (κ1) is 9.85. The minimum absolute atomic E-state index is 0.474. The maximum atomic E-state index is 10.5. The van der Waals surface area contributed by atoms with Crippen molar-refractivity contribution in [3.8, 4) is 0 Å². The van der Waals surface area contributed by atoms with Crippen molar-refractivity contribution in [2.24, 2.45) is 10.9 Å². The summed E-state index contributed by atoms with van der Waals surface area (Å²) < 4.78 is 0. The fraction of sp³-hybridized carbons (Fsp3) is 0.714. The highest BCUT2D eigenvalue weighted by Crippen LogP contribution is 2.11. The number of hydrogen-bond donors (Lipinski definition) is 1. The van der Waals surface area contributed by atoms with Crippen LogP contribution in [0, 0.1) is 5.92 Å². The Balaban J connectivity index is 4.24. The first-order valence-electron chi connectivity index (χ1n) is 3.43. The second-order valence-electron chi connectivity index (χ2n) is 2.31. The molecular weight excluding hydrogens is 146 g/mol. The summed E-state index contributed by atoms with van der Waals surface area (Å²) in [6.45, 7) is 3.34. The molecule has 0 bridgehead atoms. The van der Waals surface area contributed by atoms with E-state index in [1.165, 1.54) is 6.08 Å². The van der Waals surface area contributed by atoms with Crippen LogP contribution in [-0.4, -0.2) is 23.2 Å². The SMILES string of the molecule is CCC(C(=O)O)C(C)N=C=O. The molecule has 0 heterocycles. The van der Waals surface area contributed by atoms with Crippen molar-refractivity contribution in [2.75, 3.05) is 0 Å². The van der Waals surface area contributed by atoms with Crippen molar-refractivity contribution in [3.63, 3.8) is 0 Å². The topological polar surface area (TPSA) is 66.7 Å². The second-order valence-corrected chi connectivity index (χ2v) is 2.31. The van der Waals surface area contributed by atoms with Crippen molar-refractivity contribution in [2.45, 2.75) is 26.3 Å². The van der Waals surface area contributed by atoms with Gasteiger partial charge in [0.05, 0.1) is 12.0 Å². The summed E-state index contributed by atoms with van der Waals surface area (Å²) in [4.78, 5) is 23.6. The Morgan fingerprint density at radius 1 is 1.73 bits per heavy atom. The van der Waals surface area contributed by atoms with Gasteiger partial charge in [0.15, 0.2) is 0 Å². The largest absolute Gasteiger partial charge is 0.481 e. The summed E-state index contributed by atoms with van der Waals surface area (Å²) in [6, 6.07) is -0.477. The third-order valence-electron chi connectivity index (χ3n) is 1.60. The quantitative estimate of drug-likeness (QED) is 0.485. The molecule has 0 amide bonds. The summed E-state index contributed by atoms with van der Waals surface area (Å²) in [5.41, 5.74) is 0. The van der Waals surface area contributed by atoms with Gasteiger partial charge in [-0.05, 0) is 13.3 Å². The molecule has 2 atom stereocenters. The molecule has 2 unspecified atom stereocenters. The number of hydrogen-bond acceptors (Lipinski definition) is 3. The number of carboxylic acids is 1. The average molecular weight is 157 g/mol. The molecule has 0 aromatic heterocycles. The van der Waals surface area contributed by atoms with E-state index in [-0.39, 0.29) is 0 Å². The molecule has 0 aliphatic rings. The highest BCUT2D eigenvalue weighted by atomic mass is 16.4. The Labute approximate surface area is 64.9 Å². The van der Waals surface area contributed by atoms with Crippen LogP contribution < -0.4 is 0 Å². The molecule has 0 fully saturated rings. The molecule has 0 aromatic rings. The van der Waals surface area contributed by atoms with Crippen LogP contribution >= 0.6 is 0 Å². The maximum absolute atomic E-state index is 10.5. The van der Waals surface area contributed by atoms with Crippen molar-refractivity contribution >= 4 is 12.0 Å². The lowest BCUT2D eigenvalue weighted by atomic mass is 9.99. The summed E-state index contributed by atoms with van der Waals surface area (Å²) in [6.07, 6.45) is 1.82. The lowest BCUT2D eigenvalue weighted by molar-refractivity contribution is -0.142. The van der Waals surface area contributed by atoms with Gasteiger partial charge in [-0.2, -0.15) is 0 Å². The highest BCUT2D eigenvalue weighted by molar-refractivity contribution is 5.70. The minimum Gasteiger partial charge on any atom is -0.481 e. The van der Waals surface area contributed by atoms with Crippen molar-refractivity contribution in [1.82, 2.24) is 0 Å². The number of aliphatic carboxylic acids is 1. The summed E-state index contributed by atoms with van der Waals surface area (Å²) in [5.74, 6) is -1.49.